The number of aliphatic hydroxyl groups is 1. The number of nitrogens with zero attached hydrogens (tertiary/aromatic N) is 1. The molecule has 3 unspecified atom stereocenters. The maximum Gasteiger partial charge on any atom is 0.332 e. The summed E-state index contributed by atoms with van der Waals surface area (Å²) in [5.41, 5.74) is -0.729. The summed E-state index contributed by atoms with van der Waals surface area (Å²) in [7, 11) is 1.56. The van der Waals surface area contributed by atoms with Crippen molar-refractivity contribution in [3.63, 3.8) is 0 Å². The van der Waals surface area contributed by atoms with Crippen molar-refractivity contribution in [2.75, 3.05) is 19.5 Å². The third-order valence-corrected chi connectivity index (χ3v) is 7.28. The van der Waals surface area contributed by atoms with E-state index in [0.29, 0.717) is 11.5 Å². The molecule has 2 aliphatic rings. The zero-order valence-electron chi connectivity index (χ0n) is 18.8. The second kappa shape index (κ2) is 9.94. The highest BCUT2D eigenvalue weighted by atomic mass is 32.2. The molecule has 9 nitrogen and oxygen atoms in total. The molecule has 2 aromatic rings. The lowest BCUT2D eigenvalue weighted by molar-refractivity contribution is -0.178. The molecular weight excluding hydrogens is 460 g/mol. The Bertz CT molecular complexity index is 1050. The fourth-order valence-electron chi connectivity index (χ4n) is 3.91. The van der Waals surface area contributed by atoms with Gasteiger partial charge in [-0.05, 0) is 36.8 Å². The molecule has 0 spiro atoms. The van der Waals surface area contributed by atoms with E-state index >= 15 is 0 Å². The topological polar surface area (TPSA) is 114 Å². The molecule has 180 valence electrons. The van der Waals surface area contributed by atoms with Crippen LogP contribution in [0.2, 0.25) is 0 Å². The standard InChI is InChI=1S/C24H26N2O7S/c1-24(30)14-34-22-19(25-18(27)13-32-17-6-4-3-5-7-17)21(28)26(22)20(24)23(29)33-12-15-8-10-16(31-2)11-9-15/h3-11,19-20,22,30H,12-14H2,1-2H3,(H,25,27)/t19?,20?,22-,24?/m0/s1. The average Bonchev–Trinajstić information content (AvgIpc) is 2.85. The van der Waals surface area contributed by atoms with Gasteiger partial charge in [-0.1, -0.05) is 30.3 Å². The van der Waals surface area contributed by atoms with Gasteiger partial charge in [-0.2, -0.15) is 0 Å². The van der Waals surface area contributed by atoms with E-state index in [1.54, 1.807) is 55.6 Å². The molecule has 0 aromatic heterocycles. The normalized spacial score (nSPS) is 25.6. The number of fused-ring (bicyclic) bond motifs is 1. The average molecular weight is 487 g/mol. The fraction of sp³-hybridized carbons (Fsp3) is 0.375. The van der Waals surface area contributed by atoms with Crippen LogP contribution in [0, 0.1) is 0 Å². The molecule has 0 bridgehead atoms. The van der Waals surface area contributed by atoms with Gasteiger partial charge in [0.25, 0.3) is 5.91 Å². The lowest BCUT2D eigenvalue weighted by atomic mass is 9.91. The van der Waals surface area contributed by atoms with Crippen molar-refractivity contribution in [1.29, 1.82) is 0 Å². The lowest BCUT2D eigenvalue weighted by Gasteiger charge is -2.56. The summed E-state index contributed by atoms with van der Waals surface area (Å²) >= 11 is 1.31. The molecule has 2 fully saturated rings. The van der Waals surface area contributed by atoms with Crippen molar-refractivity contribution in [3.05, 3.63) is 60.2 Å². The van der Waals surface area contributed by atoms with Crippen molar-refractivity contribution in [3.8, 4) is 11.5 Å². The van der Waals surface area contributed by atoms with Gasteiger partial charge >= 0.3 is 5.97 Å². The molecule has 0 aliphatic carbocycles. The molecule has 34 heavy (non-hydrogen) atoms. The Hall–Kier alpha value is -3.24. The molecular formula is C24H26N2O7S. The Morgan fingerprint density at radius 2 is 1.85 bits per heavy atom. The fourth-order valence-corrected chi connectivity index (χ4v) is 5.34. The van der Waals surface area contributed by atoms with Crippen molar-refractivity contribution in [1.82, 2.24) is 10.2 Å². The lowest BCUT2D eigenvalue weighted by Crippen LogP contribution is -2.79. The van der Waals surface area contributed by atoms with Crippen molar-refractivity contribution >= 4 is 29.5 Å². The minimum absolute atomic E-state index is 0.00770. The third-order valence-electron chi connectivity index (χ3n) is 5.69. The summed E-state index contributed by atoms with van der Waals surface area (Å²) in [6.07, 6.45) is 0. The molecule has 0 radical (unpaired) electrons. The molecule has 2 saturated heterocycles. The number of hydrogen-bond acceptors (Lipinski definition) is 8. The Kier molecular flexibility index (Phi) is 6.99. The Morgan fingerprint density at radius 1 is 1.15 bits per heavy atom. The maximum absolute atomic E-state index is 12.9. The van der Waals surface area contributed by atoms with Crippen LogP contribution in [-0.4, -0.2) is 70.3 Å². The van der Waals surface area contributed by atoms with Crippen LogP contribution < -0.4 is 14.8 Å². The SMILES string of the molecule is COc1ccc(COC(=O)C2N3C(=O)C(NC(=O)COc4ccccc4)[C@@H]3SCC2(C)O)cc1. The van der Waals surface area contributed by atoms with Crippen LogP contribution in [-0.2, 0) is 25.7 Å². The van der Waals surface area contributed by atoms with E-state index in [-0.39, 0.29) is 19.0 Å². The predicted octanol–water partition coefficient (Wildman–Crippen LogP) is 1.34. The van der Waals surface area contributed by atoms with Crippen molar-refractivity contribution in [2.24, 2.45) is 0 Å². The second-order valence-electron chi connectivity index (χ2n) is 8.31. The number of ether oxygens (including phenoxy) is 3. The van der Waals surface area contributed by atoms with Crippen LogP contribution in [0.5, 0.6) is 11.5 Å². The number of amides is 2. The number of β-lactam (4-membered cyclic amide) rings is 1. The smallest absolute Gasteiger partial charge is 0.332 e. The van der Waals surface area contributed by atoms with E-state index in [2.05, 4.69) is 5.32 Å². The van der Waals surface area contributed by atoms with Crippen LogP contribution in [0.3, 0.4) is 0 Å². The monoisotopic (exact) mass is 486 g/mol. The van der Waals surface area contributed by atoms with Gasteiger partial charge in [0.15, 0.2) is 12.6 Å². The van der Waals surface area contributed by atoms with Gasteiger partial charge in [0.2, 0.25) is 5.91 Å². The number of thioether (sulfide) groups is 1. The zero-order valence-corrected chi connectivity index (χ0v) is 19.6. The first-order chi connectivity index (χ1) is 16.3. The minimum Gasteiger partial charge on any atom is -0.497 e. The number of hydrogen-bond donors (Lipinski definition) is 2. The van der Waals surface area contributed by atoms with Crippen molar-refractivity contribution < 1.29 is 33.7 Å². The largest absolute Gasteiger partial charge is 0.497 e. The van der Waals surface area contributed by atoms with E-state index in [1.807, 2.05) is 6.07 Å². The first-order valence-electron chi connectivity index (χ1n) is 10.7. The summed E-state index contributed by atoms with van der Waals surface area (Å²) in [6.45, 7) is 1.25. The molecule has 2 aliphatic heterocycles. The van der Waals surface area contributed by atoms with Gasteiger partial charge in [0, 0.05) is 5.75 Å². The maximum atomic E-state index is 12.9. The zero-order chi connectivity index (χ0) is 24.3. The molecule has 2 aromatic carbocycles. The summed E-state index contributed by atoms with van der Waals surface area (Å²) in [6, 6.07) is 13.9. The number of para-hydroxylation sites is 1. The minimum atomic E-state index is -1.47. The first kappa shape index (κ1) is 23.9. The van der Waals surface area contributed by atoms with E-state index < -0.39 is 40.8 Å². The number of esters is 1. The summed E-state index contributed by atoms with van der Waals surface area (Å²) in [4.78, 5) is 39.4. The van der Waals surface area contributed by atoms with Crippen LogP contribution in [0.15, 0.2) is 54.6 Å². The molecule has 10 heteroatoms. The number of rotatable bonds is 8. The van der Waals surface area contributed by atoms with Crippen LogP contribution >= 0.6 is 11.8 Å². The van der Waals surface area contributed by atoms with Gasteiger partial charge in [0.1, 0.15) is 35.1 Å². The van der Waals surface area contributed by atoms with Crippen LogP contribution in [0.25, 0.3) is 0 Å². The first-order valence-corrected chi connectivity index (χ1v) is 11.8. The predicted molar refractivity (Wildman–Crippen MR) is 124 cm³/mol. The molecule has 2 amide bonds. The molecule has 4 atom stereocenters. The van der Waals surface area contributed by atoms with E-state index in [4.69, 9.17) is 14.2 Å². The van der Waals surface area contributed by atoms with Gasteiger partial charge in [-0.3, -0.25) is 9.59 Å². The molecule has 2 heterocycles. The van der Waals surface area contributed by atoms with E-state index in [0.717, 1.165) is 5.56 Å². The Morgan fingerprint density at radius 3 is 2.53 bits per heavy atom. The number of carbonyl (C=O) groups excluding carboxylic acids is 3. The van der Waals surface area contributed by atoms with Gasteiger partial charge in [0.05, 0.1) is 7.11 Å². The summed E-state index contributed by atoms with van der Waals surface area (Å²) < 4.78 is 16.0. The van der Waals surface area contributed by atoms with Crippen molar-refractivity contribution in [2.45, 2.75) is 36.6 Å². The third kappa shape index (κ3) is 4.97. The van der Waals surface area contributed by atoms with Gasteiger partial charge in [-0.25, -0.2) is 4.79 Å². The molecule has 4 rings (SSSR count). The van der Waals surface area contributed by atoms with Crippen LogP contribution in [0.4, 0.5) is 0 Å². The highest BCUT2D eigenvalue weighted by Crippen LogP contribution is 2.42. The molecule has 2 N–H and O–H groups in total. The van der Waals surface area contributed by atoms with Crippen LogP contribution in [0.1, 0.15) is 12.5 Å². The number of methoxy groups -OCH3 is 1. The number of carbonyl (C=O) groups is 3. The van der Waals surface area contributed by atoms with Gasteiger partial charge < -0.3 is 29.5 Å². The summed E-state index contributed by atoms with van der Waals surface area (Å²) in [5.74, 6) is -0.163. The number of benzene rings is 2. The Labute approximate surface area is 201 Å². The second-order valence-corrected chi connectivity index (χ2v) is 9.41. The highest BCUT2D eigenvalue weighted by Gasteiger charge is 2.61. The Balaban J connectivity index is 1.35. The van der Waals surface area contributed by atoms with E-state index in [1.165, 1.54) is 23.6 Å². The molecule has 0 saturated carbocycles. The quantitative estimate of drug-likeness (QED) is 0.425. The van der Waals surface area contributed by atoms with E-state index in [9.17, 15) is 19.5 Å². The van der Waals surface area contributed by atoms with Gasteiger partial charge in [-0.15, -0.1) is 11.8 Å². The highest BCUT2D eigenvalue weighted by molar-refractivity contribution is 8.00. The number of nitrogens with one attached hydrogen (secondary N) is 1. The summed E-state index contributed by atoms with van der Waals surface area (Å²) in [5, 5.41) is 13.0.